The first-order chi connectivity index (χ1) is 5.91. The van der Waals surface area contributed by atoms with Crippen LogP contribution in [0, 0.1) is 0 Å². The fourth-order valence-electron chi connectivity index (χ4n) is 0.842. The summed E-state index contributed by atoms with van der Waals surface area (Å²) >= 11 is 0. The molecule has 12 heavy (non-hydrogen) atoms. The molecule has 72 valence electrons. The van der Waals surface area contributed by atoms with Gasteiger partial charge in [-0.3, -0.25) is 9.68 Å². The Hall–Kier alpha value is -0.610. The van der Waals surface area contributed by atoms with Gasteiger partial charge in [-0.05, 0) is 11.5 Å². The van der Waals surface area contributed by atoms with Crippen molar-refractivity contribution < 1.29 is 19.6 Å². The molecule has 0 aromatic rings. The minimum atomic E-state index is 0.178. The van der Waals surface area contributed by atoms with E-state index in [-0.39, 0.29) is 6.47 Å². The Balaban J connectivity index is 2.77. The number of carbonyl (C=O) groups excluding carboxylic acids is 1. The highest BCUT2D eigenvalue weighted by Gasteiger charge is 1.90. The Morgan fingerprint density at radius 1 is 1.17 bits per heavy atom. The van der Waals surface area contributed by atoms with E-state index in [1.807, 2.05) is 0 Å². The zero-order valence-corrected chi connectivity index (χ0v) is 7.45. The van der Waals surface area contributed by atoms with Crippen LogP contribution in [0.4, 0.5) is 0 Å². The van der Waals surface area contributed by atoms with Crippen molar-refractivity contribution >= 4 is 6.47 Å². The summed E-state index contributed by atoms with van der Waals surface area (Å²) in [6, 6.07) is 0. The lowest BCUT2D eigenvalue weighted by Crippen LogP contribution is -1.97. The van der Waals surface area contributed by atoms with Crippen LogP contribution >= 0.6 is 0 Å². The van der Waals surface area contributed by atoms with Gasteiger partial charge in [-0.15, -0.1) is 0 Å². The maximum Gasteiger partial charge on any atom is 0.334 e. The predicted octanol–water partition coefficient (Wildman–Crippen LogP) is 1.99. The fourth-order valence-corrected chi connectivity index (χ4v) is 0.842. The molecule has 0 atom stereocenters. The summed E-state index contributed by atoms with van der Waals surface area (Å²) < 4.78 is 0. The third kappa shape index (κ3) is 9.39. The molecule has 0 saturated carbocycles. The van der Waals surface area contributed by atoms with E-state index in [1.165, 1.54) is 19.3 Å². The Morgan fingerprint density at radius 3 is 2.58 bits per heavy atom. The Bertz CT molecular complexity index is 95.1. The third-order valence-electron chi connectivity index (χ3n) is 1.46. The monoisotopic (exact) mass is 176 g/mol. The average molecular weight is 176 g/mol. The minimum absolute atomic E-state index is 0.178. The van der Waals surface area contributed by atoms with E-state index < -0.39 is 0 Å². The lowest BCUT2D eigenvalue weighted by atomic mass is 10.2. The summed E-state index contributed by atoms with van der Waals surface area (Å²) in [6.45, 7) is 2.81. The van der Waals surface area contributed by atoms with E-state index in [2.05, 4.69) is 21.7 Å². The molecule has 0 bridgehead atoms. The van der Waals surface area contributed by atoms with Crippen molar-refractivity contribution in [3.8, 4) is 0 Å². The molecule has 0 saturated heterocycles. The quantitative estimate of drug-likeness (QED) is 0.233. The highest BCUT2D eigenvalue weighted by atomic mass is 17.5. The van der Waals surface area contributed by atoms with Gasteiger partial charge in [0.25, 0.3) is 0 Å². The maximum absolute atomic E-state index is 9.55. The van der Waals surface area contributed by atoms with Crippen LogP contribution in [-0.2, 0) is 19.6 Å². The molecule has 0 rings (SSSR count). The zero-order valence-electron chi connectivity index (χ0n) is 7.45. The molecule has 0 fully saturated rings. The number of unbranched alkanes of at least 4 members (excludes halogenated alkanes) is 4. The number of hydrogen-bond acceptors (Lipinski definition) is 4. The molecule has 0 aliphatic carbocycles. The maximum atomic E-state index is 9.55. The van der Waals surface area contributed by atoms with Gasteiger partial charge in [0.15, 0.2) is 0 Å². The van der Waals surface area contributed by atoms with Crippen LogP contribution in [0.1, 0.15) is 39.0 Å². The van der Waals surface area contributed by atoms with E-state index in [9.17, 15) is 4.79 Å². The van der Waals surface area contributed by atoms with Gasteiger partial charge in [0.2, 0.25) is 0 Å². The van der Waals surface area contributed by atoms with Crippen LogP contribution in [0.2, 0.25) is 0 Å². The van der Waals surface area contributed by atoms with Crippen molar-refractivity contribution in [2.75, 3.05) is 6.61 Å². The Morgan fingerprint density at radius 2 is 1.92 bits per heavy atom. The lowest BCUT2D eigenvalue weighted by Gasteiger charge is -1.99. The van der Waals surface area contributed by atoms with E-state index in [1.54, 1.807) is 0 Å². The summed E-state index contributed by atoms with van der Waals surface area (Å²) in [5.41, 5.74) is 0. The predicted molar refractivity (Wildman–Crippen MR) is 42.9 cm³/mol. The molecule has 0 aromatic heterocycles. The second-order valence-electron chi connectivity index (χ2n) is 2.50. The number of hydrogen-bond donors (Lipinski definition) is 0. The molecule has 4 nitrogen and oxygen atoms in total. The normalized spacial score (nSPS) is 9.75. The SMILES string of the molecule is CCCCCCCOOOC=O. The van der Waals surface area contributed by atoms with Crippen molar-refractivity contribution in [3.63, 3.8) is 0 Å². The molecule has 0 unspecified atom stereocenters. The Kier molecular flexibility index (Phi) is 9.86. The molecule has 0 heterocycles. The van der Waals surface area contributed by atoms with Gasteiger partial charge < -0.3 is 0 Å². The number of rotatable bonds is 9. The molecule has 0 amide bonds. The van der Waals surface area contributed by atoms with Crippen molar-refractivity contribution in [2.24, 2.45) is 0 Å². The van der Waals surface area contributed by atoms with E-state index in [0.717, 1.165) is 12.8 Å². The average Bonchev–Trinajstić information content (AvgIpc) is 2.10. The van der Waals surface area contributed by atoms with Crippen LogP contribution in [-0.4, -0.2) is 13.1 Å². The van der Waals surface area contributed by atoms with Crippen LogP contribution in [0.25, 0.3) is 0 Å². The van der Waals surface area contributed by atoms with Gasteiger partial charge in [-0.25, -0.2) is 0 Å². The summed E-state index contributed by atoms with van der Waals surface area (Å²) in [6.07, 6.45) is 5.76. The molecular formula is C8H16O4. The zero-order chi connectivity index (χ0) is 9.07. The second-order valence-corrected chi connectivity index (χ2v) is 2.50. The lowest BCUT2D eigenvalue weighted by molar-refractivity contribution is -0.481. The van der Waals surface area contributed by atoms with Gasteiger partial charge in [-0.2, -0.15) is 4.89 Å². The summed E-state index contributed by atoms with van der Waals surface area (Å²) in [7, 11) is 0. The van der Waals surface area contributed by atoms with Crippen molar-refractivity contribution in [2.45, 2.75) is 39.0 Å². The van der Waals surface area contributed by atoms with Crippen LogP contribution in [0.15, 0.2) is 0 Å². The highest BCUT2D eigenvalue weighted by Crippen LogP contribution is 2.02. The first-order valence-electron chi connectivity index (χ1n) is 4.30. The van der Waals surface area contributed by atoms with Gasteiger partial charge in [0.05, 0.1) is 6.61 Å². The molecule has 0 radical (unpaired) electrons. The Labute approximate surface area is 72.7 Å². The van der Waals surface area contributed by atoms with Crippen LogP contribution < -0.4 is 0 Å². The third-order valence-corrected chi connectivity index (χ3v) is 1.46. The highest BCUT2D eigenvalue weighted by molar-refractivity contribution is 5.35. The minimum Gasteiger partial charge on any atom is -0.272 e. The van der Waals surface area contributed by atoms with E-state index in [0.29, 0.717) is 6.61 Å². The molecule has 0 aliphatic heterocycles. The van der Waals surface area contributed by atoms with Gasteiger partial charge in [0, 0.05) is 0 Å². The topological polar surface area (TPSA) is 44.8 Å². The largest absolute Gasteiger partial charge is 0.334 e. The fraction of sp³-hybridized carbons (Fsp3) is 0.875. The summed E-state index contributed by atoms with van der Waals surface area (Å²) in [4.78, 5) is 17.9. The van der Waals surface area contributed by atoms with Crippen molar-refractivity contribution in [3.05, 3.63) is 0 Å². The standard InChI is InChI=1S/C8H16O4/c1-2-3-4-5-6-7-10-12-11-8-9/h8H,2-7H2,1H3. The van der Waals surface area contributed by atoms with Crippen molar-refractivity contribution in [1.82, 2.24) is 0 Å². The molecule has 0 aromatic carbocycles. The van der Waals surface area contributed by atoms with Gasteiger partial charge in [-0.1, -0.05) is 32.6 Å². The molecule has 0 N–H and O–H groups in total. The molecular weight excluding hydrogens is 160 g/mol. The van der Waals surface area contributed by atoms with Gasteiger partial charge >= 0.3 is 6.47 Å². The van der Waals surface area contributed by atoms with Crippen molar-refractivity contribution in [1.29, 1.82) is 0 Å². The first-order valence-corrected chi connectivity index (χ1v) is 4.30. The van der Waals surface area contributed by atoms with Crippen LogP contribution in [0.5, 0.6) is 0 Å². The summed E-state index contributed by atoms with van der Waals surface area (Å²) in [5.74, 6) is 0. The molecule has 4 heteroatoms. The first kappa shape index (κ1) is 11.4. The van der Waals surface area contributed by atoms with Crippen LogP contribution in [0.3, 0.4) is 0 Å². The van der Waals surface area contributed by atoms with E-state index >= 15 is 0 Å². The van der Waals surface area contributed by atoms with Gasteiger partial charge in [0.1, 0.15) is 0 Å². The number of carbonyl (C=O) groups is 1. The second kappa shape index (κ2) is 10.4. The van der Waals surface area contributed by atoms with E-state index in [4.69, 9.17) is 0 Å². The summed E-state index contributed by atoms with van der Waals surface area (Å²) in [5, 5.41) is 4.02. The molecule has 0 spiro atoms. The molecule has 0 aliphatic rings. The smallest absolute Gasteiger partial charge is 0.272 e.